The van der Waals surface area contributed by atoms with Gasteiger partial charge in [0.2, 0.25) is 0 Å². The fraction of sp³-hybridized carbons (Fsp3) is 0.350. The van der Waals surface area contributed by atoms with Gasteiger partial charge in [-0.05, 0) is 49.2 Å². The highest BCUT2D eigenvalue weighted by molar-refractivity contribution is 6.31. The molecule has 0 bridgehead atoms. The number of imidazole rings is 1. The van der Waals surface area contributed by atoms with Crippen LogP contribution in [0.1, 0.15) is 37.3 Å². The van der Waals surface area contributed by atoms with Gasteiger partial charge in [-0.25, -0.2) is 4.98 Å². The van der Waals surface area contributed by atoms with E-state index in [2.05, 4.69) is 16.5 Å². The Morgan fingerprint density at radius 3 is 2.80 bits per heavy atom. The van der Waals surface area contributed by atoms with E-state index in [0.717, 1.165) is 33.8 Å². The zero-order valence-corrected chi connectivity index (χ0v) is 15.3. The predicted octanol–water partition coefficient (Wildman–Crippen LogP) is 4.91. The number of hydrogen-bond donors (Lipinski definition) is 1. The first-order valence-corrected chi connectivity index (χ1v) is 9.00. The molecule has 25 heavy (non-hydrogen) atoms. The molecule has 3 aromatic rings. The molecule has 4 nitrogen and oxygen atoms in total. The van der Waals surface area contributed by atoms with Gasteiger partial charge in [-0.15, -0.1) is 0 Å². The van der Waals surface area contributed by atoms with Crippen LogP contribution in [0.25, 0.3) is 11.0 Å². The third-order valence-corrected chi connectivity index (χ3v) is 4.68. The third-order valence-electron chi connectivity index (χ3n) is 4.26. The van der Waals surface area contributed by atoms with Crippen molar-refractivity contribution in [2.45, 2.75) is 39.3 Å². The molecule has 132 valence electrons. The van der Waals surface area contributed by atoms with Crippen LogP contribution in [0, 0.1) is 6.92 Å². The highest BCUT2D eigenvalue weighted by Gasteiger charge is 2.17. The average Bonchev–Trinajstić information content (AvgIpc) is 2.97. The van der Waals surface area contributed by atoms with E-state index in [-0.39, 0.29) is 0 Å². The molecule has 5 heteroatoms. The number of halogens is 1. The van der Waals surface area contributed by atoms with Gasteiger partial charge in [0.25, 0.3) is 0 Å². The molecule has 0 aliphatic heterocycles. The lowest BCUT2D eigenvalue weighted by Crippen LogP contribution is -2.14. The summed E-state index contributed by atoms with van der Waals surface area (Å²) in [6.45, 7) is 5.13. The number of para-hydroxylation sites is 2. The molecule has 0 fully saturated rings. The normalized spacial score (nSPS) is 12.5. The van der Waals surface area contributed by atoms with Crippen LogP contribution in [-0.4, -0.2) is 21.3 Å². The highest BCUT2D eigenvalue weighted by atomic mass is 35.5. The first kappa shape index (κ1) is 17.8. The van der Waals surface area contributed by atoms with Crippen LogP contribution in [0.3, 0.4) is 0 Å². The van der Waals surface area contributed by atoms with Gasteiger partial charge in [0.15, 0.2) is 0 Å². The van der Waals surface area contributed by atoms with Crippen molar-refractivity contribution in [3.8, 4) is 5.75 Å². The molecule has 0 radical (unpaired) electrons. The second-order valence-electron chi connectivity index (χ2n) is 6.17. The Hall–Kier alpha value is -2.04. The van der Waals surface area contributed by atoms with Crippen LogP contribution >= 0.6 is 11.6 Å². The molecule has 1 aromatic heterocycles. The van der Waals surface area contributed by atoms with Gasteiger partial charge in [-0.1, -0.05) is 37.1 Å². The van der Waals surface area contributed by atoms with E-state index in [0.29, 0.717) is 25.4 Å². The monoisotopic (exact) mass is 358 g/mol. The minimum atomic E-state index is -0.560. The number of rotatable bonds is 7. The minimum Gasteiger partial charge on any atom is -0.492 e. The molecule has 0 aliphatic carbocycles. The first-order valence-electron chi connectivity index (χ1n) is 8.62. The first-order chi connectivity index (χ1) is 12.1. The van der Waals surface area contributed by atoms with E-state index < -0.39 is 6.10 Å². The van der Waals surface area contributed by atoms with Gasteiger partial charge in [0.1, 0.15) is 24.3 Å². The van der Waals surface area contributed by atoms with Gasteiger partial charge >= 0.3 is 0 Å². The van der Waals surface area contributed by atoms with Crippen molar-refractivity contribution in [3.63, 3.8) is 0 Å². The van der Waals surface area contributed by atoms with Crippen LogP contribution in [0.15, 0.2) is 42.5 Å². The number of aliphatic hydroxyl groups excluding tert-OH is 1. The zero-order valence-electron chi connectivity index (χ0n) is 14.6. The smallest absolute Gasteiger partial charge is 0.138 e. The number of aromatic nitrogens is 2. The van der Waals surface area contributed by atoms with Gasteiger partial charge < -0.3 is 14.4 Å². The van der Waals surface area contributed by atoms with E-state index in [1.807, 2.05) is 49.4 Å². The molecule has 0 aliphatic rings. The predicted molar refractivity (Wildman–Crippen MR) is 101 cm³/mol. The van der Waals surface area contributed by atoms with Crippen LogP contribution in [0.2, 0.25) is 5.02 Å². The summed E-state index contributed by atoms with van der Waals surface area (Å²) in [5.74, 6) is 1.50. The summed E-state index contributed by atoms with van der Waals surface area (Å²) in [5.41, 5.74) is 2.91. The lowest BCUT2D eigenvalue weighted by molar-refractivity contribution is 0.151. The lowest BCUT2D eigenvalue weighted by Gasteiger charge is -2.14. The second-order valence-corrected chi connectivity index (χ2v) is 6.58. The summed E-state index contributed by atoms with van der Waals surface area (Å²) in [6.07, 6.45) is 1.04. The SMILES string of the molecule is CCC[C@H](O)c1nc2ccccc2n1CCOc1ccc(Cl)c(C)c1. The molecule has 0 saturated heterocycles. The summed E-state index contributed by atoms with van der Waals surface area (Å²) in [7, 11) is 0. The fourth-order valence-corrected chi connectivity index (χ4v) is 3.07. The molecular formula is C20H23ClN2O2. The summed E-state index contributed by atoms with van der Waals surface area (Å²) >= 11 is 6.05. The minimum absolute atomic E-state index is 0.493. The summed E-state index contributed by atoms with van der Waals surface area (Å²) in [5, 5.41) is 11.2. The third kappa shape index (κ3) is 3.97. The highest BCUT2D eigenvalue weighted by Crippen LogP contribution is 2.24. The zero-order chi connectivity index (χ0) is 17.8. The standard InChI is InChI=1S/C20H23ClN2O2/c1-3-6-19(24)20-22-17-7-4-5-8-18(17)23(20)11-12-25-15-9-10-16(21)14(2)13-15/h4-5,7-10,13,19,24H,3,6,11-12H2,1-2H3/t19-/m0/s1. The van der Waals surface area contributed by atoms with Crippen LogP contribution in [-0.2, 0) is 6.54 Å². The van der Waals surface area contributed by atoms with Crippen molar-refractivity contribution < 1.29 is 9.84 Å². The molecule has 2 aromatic carbocycles. The average molecular weight is 359 g/mol. The number of ether oxygens (including phenoxy) is 1. The maximum atomic E-state index is 10.4. The Morgan fingerprint density at radius 2 is 2.04 bits per heavy atom. The number of fused-ring (bicyclic) bond motifs is 1. The molecule has 0 saturated carbocycles. The molecule has 0 spiro atoms. The van der Waals surface area contributed by atoms with E-state index in [1.54, 1.807) is 0 Å². The Balaban J connectivity index is 1.79. The largest absolute Gasteiger partial charge is 0.492 e. The Bertz CT molecular complexity index is 860. The van der Waals surface area contributed by atoms with Gasteiger partial charge in [-0.2, -0.15) is 0 Å². The van der Waals surface area contributed by atoms with Crippen LogP contribution in [0.5, 0.6) is 5.75 Å². The fourth-order valence-electron chi connectivity index (χ4n) is 2.95. The molecular weight excluding hydrogens is 336 g/mol. The van der Waals surface area contributed by atoms with Gasteiger partial charge in [0.05, 0.1) is 17.6 Å². The summed E-state index contributed by atoms with van der Waals surface area (Å²) in [6, 6.07) is 13.6. The maximum Gasteiger partial charge on any atom is 0.138 e. The van der Waals surface area contributed by atoms with E-state index >= 15 is 0 Å². The molecule has 0 amide bonds. The van der Waals surface area contributed by atoms with E-state index in [1.165, 1.54) is 0 Å². The Kier molecular flexibility index (Phi) is 5.61. The van der Waals surface area contributed by atoms with Gasteiger partial charge in [-0.3, -0.25) is 0 Å². The van der Waals surface area contributed by atoms with Crippen LogP contribution in [0.4, 0.5) is 0 Å². The van der Waals surface area contributed by atoms with Crippen molar-refractivity contribution in [3.05, 3.63) is 58.9 Å². The number of aliphatic hydroxyl groups is 1. The van der Waals surface area contributed by atoms with Crippen molar-refractivity contribution in [2.24, 2.45) is 0 Å². The quantitative estimate of drug-likeness (QED) is 0.652. The van der Waals surface area contributed by atoms with Crippen molar-refractivity contribution in [2.75, 3.05) is 6.61 Å². The molecule has 3 rings (SSSR count). The molecule has 1 N–H and O–H groups in total. The molecule has 1 heterocycles. The number of aryl methyl sites for hydroxylation is 1. The maximum absolute atomic E-state index is 10.4. The van der Waals surface area contributed by atoms with Crippen molar-refractivity contribution >= 4 is 22.6 Å². The Morgan fingerprint density at radius 1 is 1.24 bits per heavy atom. The Labute approximate surface area is 153 Å². The number of benzene rings is 2. The summed E-state index contributed by atoms with van der Waals surface area (Å²) < 4.78 is 7.92. The van der Waals surface area contributed by atoms with Crippen LogP contribution < -0.4 is 4.74 Å². The van der Waals surface area contributed by atoms with Gasteiger partial charge in [0, 0.05) is 5.02 Å². The summed E-state index contributed by atoms with van der Waals surface area (Å²) in [4.78, 5) is 4.62. The molecule has 0 unspecified atom stereocenters. The number of hydrogen-bond acceptors (Lipinski definition) is 3. The topological polar surface area (TPSA) is 47.3 Å². The van der Waals surface area contributed by atoms with E-state index in [9.17, 15) is 5.11 Å². The second kappa shape index (κ2) is 7.89. The van der Waals surface area contributed by atoms with Crippen molar-refractivity contribution in [1.29, 1.82) is 0 Å². The lowest BCUT2D eigenvalue weighted by atomic mass is 10.2. The van der Waals surface area contributed by atoms with E-state index in [4.69, 9.17) is 16.3 Å². The van der Waals surface area contributed by atoms with Crippen molar-refractivity contribution in [1.82, 2.24) is 9.55 Å². The molecule has 1 atom stereocenters. The number of nitrogens with zero attached hydrogens (tertiary/aromatic N) is 2.